The van der Waals surface area contributed by atoms with Gasteiger partial charge in [0.05, 0.1) is 12.5 Å². The van der Waals surface area contributed by atoms with Crippen LogP contribution >= 0.6 is 0 Å². The predicted octanol–water partition coefficient (Wildman–Crippen LogP) is 1.60. The van der Waals surface area contributed by atoms with E-state index in [-0.39, 0.29) is 11.9 Å². The zero-order chi connectivity index (χ0) is 7.84. The van der Waals surface area contributed by atoms with Crippen LogP contribution in [-0.2, 0) is 9.53 Å². The first-order chi connectivity index (χ1) is 5.29. The Hall–Kier alpha value is -0.530. The highest BCUT2D eigenvalue weighted by molar-refractivity contribution is 5.74. The quantitative estimate of drug-likeness (QED) is 0.495. The van der Waals surface area contributed by atoms with Crippen LogP contribution in [-0.4, -0.2) is 12.6 Å². The van der Waals surface area contributed by atoms with Gasteiger partial charge in [-0.2, -0.15) is 0 Å². The first-order valence-corrected chi connectivity index (χ1v) is 4.45. The van der Waals surface area contributed by atoms with Crippen molar-refractivity contribution in [2.45, 2.75) is 26.2 Å². The molecule has 0 aromatic heterocycles. The van der Waals surface area contributed by atoms with Crippen molar-refractivity contribution in [2.24, 2.45) is 17.8 Å². The molecule has 0 spiro atoms. The fourth-order valence-electron chi connectivity index (χ4n) is 2.46. The van der Waals surface area contributed by atoms with Gasteiger partial charge in [-0.15, -0.1) is 0 Å². The number of hydrogen-bond acceptors (Lipinski definition) is 2. The summed E-state index contributed by atoms with van der Waals surface area (Å²) in [6.45, 7) is 2.82. The molecule has 2 heteroatoms. The Balaban J connectivity index is 2.14. The summed E-state index contributed by atoms with van der Waals surface area (Å²) in [5, 5.41) is 0. The van der Waals surface area contributed by atoms with E-state index >= 15 is 0 Å². The lowest BCUT2D eigenvalue weighted by Crippen LogP contribution is -2.31. The molecule has 1 saturated carbocycles. The van der Waals surface area contributed by atoms with Crippen LogP contribution in [0, 0.1) is 17.8 Å². The van der Waals surface area contributed by atoms with Crippen LogP contribution in [0.5, 0.6) is 0 Å². The summed E-state index contributed by atoms with van der Waals surface area (Å²) in [4.78, 5) is 11.3. The van der Waals surface area contributed by atoms with Crippen LogP contribution in [0.1, 0.15) is 26.2 Å². The van der Waals surface area contributed by atoms with E-state index < -0.39 is 0 Å². The normalized spacial score (nSPS) is 43.4. The maximum atomic E-state index is 11.3. The van der Waals surface area contributed by atoms with E-state index in [0.29, 0.717) is 18.4 Å². The Morgan fingerprint density at radius 1 is 1.36 bits per heavy atom. The molecule has 62 valence electrons. The molecular formula is C9H14O2. The highest BCUT2D eigenvalue weighted by atomic mass is 16.5. The molecule has 0 N–H and O–H groups in total. The smallest absolute Gasteiger partial charge is 0.309 e. The molecule has 1 aliphatic heterocycles. The average molecular weight is 154 g/mol. The minimum atomic E-state index is 0.0613. The largest absolute Gasteiger partial charge is 0.465 e. The molecule has 3 atom stereocenters. The molecule has 1 aliphatic carbocycles. The lowest BCUT2D eigenvalue weighted by Gasteiger charge is -2.26. The Bertz CT molecular complexity index is 174. The first kappa shape index (κ1) is 7.14. The zero-order valence-corrected chi connectivity index (χ0v) is 6.88. The number of hydrogen-bond donors (Lipinski definition) is 0. The van der Waals surface area contributed by atoms with Gasteiger partial charge in [0.2, 0.25) is 0 Å². The molecule has 0 bridgehead atoms. The number of carbonyl (C=O) groups is 1. The summed E-state index contributed by atoms with van der Waals surface area (Å²) in [6, 6.07) is 0. The van der Waals surface area contributed by atoms with Gasteiger partial charge in [0.1, 0.15) is 0 Å². The monoisotopic (exact) mass is 154 g/mol. The zero-order valence-electron chi connectivity index (χ0n) is 6.88. The Morgan fingerprint density at radius 2 is 2.18 bits per heavy atom. The van der Waals surface area contributed by atoms with Crippen molar-refractivity contribution in [2.75, 3.05) is 6.61 Å². The number of ether oxygens (including phenoxy) is 1. The molecular weight excluding hydrogens is 140 g/mol. The van der Waals surface area contributed by atoms with E-state index in [4.69, 9.17) is 4.74 Å². The number of carbonyl (C=O) groups excluding carboxylic acids is 1. The van der Waals surface area contributed by atoms with E-state index in [1.807, 2.05) is 0 Å². The van der Waals surface area contributed by atoms with Gasteiger partial charge < -0.3 is 4.74 Å². The van der Waals surface area contributed by atoms with Gasteiger partial charge in [-0.25, -0.2) is 0 Å². The Kier molecular flexibility index (Phi) is 1.63. The van der Waals surface area contributed by atoms with Crippen molar-refractivity contribution in [3.8, 4) is 0 Å². The van der Waals surface area contributed by atoms with Crippen LogP contribution in [0.2, 0.25) is 0 Å². The second kappa shape index (κ2) is 2.50. The van der Waals surface area contributed by atoms with Crippen molar-refractivity contribution >= 4 is 5.97 Å². The maximum absolute atomic E-state index is 11.3. The van der Waals surface area contributed by atoms with Gasteiger partial charge >= 0.3 is 5.97 Å². The van der Waals surface area contributed by atoms with E-state index in [1.54, 1.807) is 0 Å². The molecule has 1 unspecified atom stereocenters. The molecule has 2 rings (SSSR count). The number of rotatable bonds is 0. The fraction of sp³-hybridized carbons (Fsp3) is 0.889. The summed E-state index contributed by atoms with van der Waals surface area (Å²) in [6.07, 6.45) is 3.55. The summed E-state index contributed by atoms with van der Waals surface area (Å²) < 4.78 is 5.02. The standard InChI is InChI=1S/C9H14O2/c1-6-2-3-7-4-5-11-9(10)8(6)7/h6-8H,2-5H2,1H3/t6-,7-,8?/m0/s1. The Morgan fingerprint density at radius 3 is 2.91 bits per heavy atom. The molecule has 2 fully saturated rings. The third-order valence-electron chi connectivity index (χ3n) is 3.12. The number of cyclic esters (lactones) is 1. The third-order valence-corrected chi connectivity index (χ3v) is 3.12. The molecule has 1 saturated heterocycles. The van der Waals surface area contributed by atoms with Crippen molar-refractivity contribution < 1.29 is 9.53 Å². The maximum Gasteiger partial charge on any atom is 0.309 e. The van der Waals surface area contributed by atoms with Gasteiger partial charge in [-0.3, -0.25) is 4.79 Å². The highest BCUT2D eigenvalue weighted by Crippen LogP contribution is 2.41. The van der Waals surface area contributed by atoms with Crippen LogP contribution in [0.15, 0.2) is 0 Å². The summed E-state index contributed by atoms with van der Waals surface area (Å²) in [5.41, 5.74) is 0. The van der Waals surface area contributed by atoms with Crippen molar-refractivity contribution in [1.29, 1.82) is 0 Å². The van der Waals surface area contributed by atoms with E-state index in [1.165, 1.54) is 12.8 Å². The van der Waals surface area contributed by atoms with Gasteiger partial charge in [-0.1, -0.05) is 6.92 Å². The molecule has 2 nitrogen and oxygen atoms in total. The predicted molar refractivity (Wildman–Crippen MR) is 41.0 cm³/mol. The minimum absolute atomic E-state index is 0.0613. The second-order valence-corrected chi connectivity index (χ2v) is 3.80. The molecule has 11 heavy (non-hydrogen) atoms. The second-order valence-electron chi connectivity index (χ2n) is 3.80. The molecule has 0 radical (unpaired) electrons. The SMILES string of the molecule is C[C@H]1CC[C@H]2CCOC(=O)C21. The van der Waals surface area contributed by atoms with Gasteiger partial charge in [0.25, 0.3) is 0 Å². The van der Waals surface area contributed by atoms with Crippen molar-refractivity contribution in [3.63, 3.8) is 0 Å². The summed E-state index contributed by atoms with van der Waals surface area (Å²) >= 11 is 0. The van der Waals surface area contributed by atoms with E-state index in [0.717, 1.165) is 6.42 Å². The molecule has 1 heterocycles. The summed E-state index contributed by atoms with van der Waals surface area (Å²) in [5.74, 6) is 1.51. The molecule has 0 amide bonds. The first-order valence-electron chi connectivity index (χ1n) is 4.45. The van der Waals surface area contributed by atoms with Gasteiger partial charge in [0, 0.05) is 0 Å². The third kappa shape index (κ3) is 1.05. The highest BCUT2D eigenvalue weighted by Gasteiger charge is 2.41. The Labute approximate surface area is 66.9 Å². The lowest BCUT2D eigenvalue weighted by molar-refractivity contribution is -0.156. The summed E-state index contributed by atoms with van der Waals surface area (Å²) in [7, 11) is 0. The molecule has 2 aliphatic rings. The average Bonchev–Trinajstić information content (AvgIpc) is 2.34. The fourth-order valence-corrected chi connectivity index (χ4v) is 2.46. The number of fused-ring (bicyclic) bond motifs is 1. The van der Waals surface area contributed by atoms with Crippen LogP contribution in [0.3, 0.4) is 0 Å². The molecule has 0 aromatic rings. The van der Waals surface area contributed by atoms with E-state index in [9.17, 15) is 4.79 Å². The van der Waals surface area contributed by atoms with Gasteiger partial charge in [-0.05, 0) is 31.1 Å². The molecule has 0 aromatic carbocycles. The van der Waals surface area contributed by atoms with Crippen LogP contribution < -0.4 is 0 Å². The lowest BCUT2D eigenvalue weighted by atomic mass is 9.87. The van der Waals surface area contributed by atoms with Gasteiger partial charge in [0.15, 0.2) is 0 Å². The van der Waals surface area contributed by atoms with Crippen molar-refractivity contribution in [1.82, 2.24) is 0 Å². The van der Waals surface area contributed by atoms with E-state index in [2.05, 4.69) is 6.92 Å². The van der Waals surface area contributed by atoms with Crippen LogP contribution in [0.25, 0.3) is 0 Å². The van der Waals surface area contributed by atoms with Crippen molar-refractivity contribution in [3.05, 3.63) is 0 Å². The number of esters is 1. The van der Waals surface area contributed by atoms with Crippen LogP contribution in [0.4, 0.5) is 0 Å². The minimum Gasteiger partial charge on any atom is -0.465 e. The topological polar surface area (TPSA) is 26.3 Å².